The minimum Gasteiger partial charge on any atom is -0.390 e. The van der Waals surface area contributed by atoms with E-state index in [9.17, 15) is 9.59 Å². The average Bonchev–Trinajstić information content (AvgIpc) is 1.82. The Morgan fingerprint density at radius 1 is 1.78 bits per heavy atom. The highest BCUT2D eigenvalue weighted by molar-refractivity contribution is 6.30. The summed E-state index contributed by atoms with van der Waals surface area (Å²) in [6.45, 7) is 0.724. The van der Waals surface area contributed by atoms with Gasteiger partial charge in [-0.1, -0.05) is 0 Å². The first-order valence-electron chi connectivity index (χ1n) is 2.35. The van der Waals surface area contributed by atoms with E-state index >= 15 is 0 Å². The number of aliphatic imine (C=N–C) groups is 1. The van der Waals surface area contributed by atoms with E-state index in [1.165, 1.54) is 6.92 Å². The van der Waals surface area contributed by atoms with Crippen molar-refractivity contribution in [1.82, 2.24) is 0 Å². The number of nitrogens with zero attached hydrogens (tertiary/aromatic N) is 1. The predicted octanol–water partition coefficient (Wildman–Crippen LogP) is -0.835. The second-order valence-electron chi connectivity index (χ2n) is 1.40. The van der Waals surface area contributed by atoms with Gasteiger partial charge >= 0.3 is 0 Å². The highest BCUT2D eigenvalue weighted by atomic mass is 16.3. The van der Waals surface area contributed by atoms with Crippen molar-refractivity contribution in [2.24, 2.45) is 4.99 Å². The van der Waals surface area contributed by atoms with Crippen LogP contribution in [0, 0.1) is 0 Å². The molecule has 0 bridgehead atoms. The maximum absolute atomic E-state index is 10.1. The first-order valence-corrected chi connectivity index (χ1v) is 2.35. The van der Waals surface area contributed by atoms with Crippen LogP contribution in [0.15, 0.2) is 4.99 Å². The molecule has 0 radical (unpaired) electrons. The summed E-state index contributed by atoms with van der Waals surface area (Å²) >= 11 is 0. The SMILES string of the molecule is CC(=O)N=C(C=O)CO. The van der Waals surface area contributed by atoms with Crippen LogP contribution in [-0.4, -0.2) is 29.6 Å². The third-order valence-corrected chi connectivity index (χ3v) is 0.599. The van der Waals surface area contributed by atoms with E-state index < -0.39 is 12.5 Å². The number of aldehydes is 1. The summed E-state index contributed by atoms with van der Waals surface area (Å²) < 4.78 is 0. The zero-order valence-corrected chi connectivity index (χ0v) is 5.00. The largest absolute Gasteiger partial charge is 0.390 e. The lowest BCUT2D eigenvalue weighted by atomic mass is 10.4. The van der Waals surface area contributed by atoms with Crippen molar-refractivity contribution in [2.75, 3.05) is 6.61 Å². The molecule has 1 amide bonds. The van der Waals surface area contributed by atoms with Crippen LogP contribution in [0.4, 0.5) is 0 Å². The second kappa shape index (κ2) is 3.91. The van der Waals surface area contributed by atoms with E-state index in [4.69, 9.17) is 5.11 Å². The second-order valence-corrected chi connectivity index (χ2v) is 1.40. The molecule has 0 aromatic carbocycles. The summed E-state index contributed by atoms with van der Waals surface area (Å²) in [4.78, 5) is 23.1. The van der Waals surface area contributed by atoms with Crippen molar-refractivity contribution in [2.45, 2.75) is 6.92 Å². The molecule has 0 saturated heterocycles. The molecule has 4 heteroatoms. The third kappa shape index (κ3) is 3.54. The van der Waals surface area contributed by atoms with Crippen LogP contribution in [0.1, 0.15) is 6.92 Å². The van der Waals surface area contributed by atoms with Gasteiger partial charge in [-0.2, -0.15) is 0 Å². The number of carbonyl (C=O) groups is 2. The molecule has 0 spiro atoms. The van der Waals surface area contributed by atoms with Crippen molar-refractivity contribution < 1.29 is 14.7 Å². The first-order chi connectivity index (χ1) is 4.20. The van der Waals surface area contributed by atoms with E-state index in [1.54, 1.807) is 0 Å². The van der Waals surface area contributed by atoms with Crippen LogP contribution in [0.2, 0.25) is 0 Å². The van der Waals surface area contributed by atoms with Crippen LogP contribution in [0.3, 0.4) is 0 Å². The molecule has 4 nitrogen and oxygen atoms in total. The Kier molecular flexibility index (Phi) is 3.46. The maximum Gasteiger partial charge on any atom is 0.242 e. The summed E-state index contributed by atoms with van der Waals surface area (Å²) in [5, 5.41) is 8.26. The number of amides is 1. The number of aliphatic hydroxyl groups is 1. The molecule has 0 heterocycles. The van der Waals surface area contributed by atoms with Gasteiger partial charge in [-0.05, 0) is 0 Å². The molecule has 0 atom stereocenters. The molecule has 0 rings (SSSR count). The van der Waals surface area contributed by atoms with Gasteiger partial charge in [0.2, 0.25) is 5.91 Å². The molecular weight excluding hydrogens is 122 g/mol. The van der Waals surface area contributed by atoms with Crippen LogP contribution in [0.25, 0.3) is 0 Å². The fourth-order valence-corrected chi connectivity index (χ4v) is 0.301. The van der Waals surface area contributed by atoms with Gasteiger partial charge in [0.25, 0.3) is 0 Å². The molecule has 0 aliphatic rings. The first kappa shape index (κ1) is 7.97. The standard InChI is InChI=1S/C5H7NO3/c1-4(9)6-5(2-7)3-8/h2,8H,3H2,1H3. The topological polar surface area (TPSA) is 66.7 Å². The predicted molar refractivity (Wildman–Crippen MR) is 31.3 cm³/mol. The van der Waals surface area contributed by atoms with Crippen molar-refractivity contribution >= 4 is 17.9 Å². The van der Waals surface area contributed by atoms with Gasteiger partial charge in [0, 0.05) is 6.92 Å². The fourth-order valence-electron chi connectivity index (χ4n) is 0.301. The Morgan fingerprint density at radius 2 is 2.33 bits per heavy atom. The quantitative estimate of drug-likeness (QED) is 0.390. The fraction of sp³-hybridized carbons (Fsp3) is 0.400. The summed E-state index contributed by atoms with van der Waals surface area (Å²) in [5.74, 6) is -0.480. The number of carbonyl (C=O) groups excluding carboxylic acids is 2. The lowest BCUT2D eigenvalue weighted by Crippen LogP contribution is -2.07. The van der Waals surface area contributed by atoms with Gasteiger partial charge in [-0.3, -0.25) is 9.59 Å². The van der Waals surface area contributed by atoms with Crippen molar-refractivity contribution in [3.63, 3.8) is 0 Å². The van der Waals surface area contributed by atoms with E-state index in [1.807, 2.05) is 0 Å². The molecule has 0 saturated carbocycles. The smallest absolute Gasteiger partial charge is 0.242 e. The van der Waals surface area contributed by atoms with Gasteiger partial charge in [0.15, 0.2) is 6.29 Å². The van der Waals surface area contributed by atoms with Crippen molar-refractivity contribution in [1.29, 1.82) is 0 Å². The number of rotatable bonds is 2. The number of hydrogen-bond donors (Lipinski definition) is 1. The maximum atomic E-state index is 10.1. The molecule has 50 valence electrons. The Balaban J connectivity index is 4.07. The molecular formula is C5H7NO3. The Hall–Kier alpha value is -1.03. The van der Waals surface area contributed by atoms with Gasteiger partial charge in [0.1, 0.15) is 5.71 Å². The highest BCUT2D eigenvalue weighted by Gasteiger charge is 1.94. The molecule has 0 unspecified atom stereocenters. The number of hydrogen-bond acceptors (Lipinski definition) is 3. The molecule has 1 N–H and O–H groups in total. The summed E-state index contributed by atoms with van der Waals surface area (Å²) in [6.07, 6.45) is 0.349. The van der Waals surface area contributed by atoms with Gasteiger partial charge < -0.3 is 5.11 Å². The lowest BCUT2D eigenvalue weighted by molar-refractivity contribution is -0.116. The van der Waals surface area contributed by atoms with E-state index in [0.717, 1.165) is 0 Å². The summed E-state index contributed by atoms with van der Waals surface area (Å²) in [6, 6.07) is 0. The normalized spacial score (nSPS) is 11.1. The van der Waals surface area contributed by atoms with Crippen molar-refractivity contribution in [3.8, 4) is 0 Å². The third-order valence-electron chi connectivity index (χ3n) is 0.599. The monoisotopic (exact) mass is 129 g/mol. The Bertz CT molecular complexity index is 150. The van der Waals surface area contributed by atoms with Crippen LogP contribution in [-0.2, 0) is 9.59 Å². The molecule has 0 aromatic rings. The van der Waals surface area contributed by atoms with E-state index in [-0.39, 0.29) is 5.71 Å². The number of aliphatic hydroxyl groups excluding tert-OH is 1. The van der Waals surface area contributed by atoms with Crippen LogP contribution < -0.4 is 0 Å². The molecule has 0 aliphatic carbocycles. The van der Waals surface area contributed by atoms with E-state index in [2.05, 4.69) is 4.99 Å². The highest BCUT2D eigenvalue weighted by Crippen LogP contribution is 1.74. The van der Waals surface area contributed by atoms with Gasteiger partial charge in [-0.25, -0.2) is 4.99 Å². The molecule has 0 aliphatic heterocycles. The Labute approximate surface area is 52.2 Å². The summed E-state index contributed by atoms with van der Waals surface area (Å²) in [7, 11) is 0. The zero-order valence-electron chi connectivity index (χ0n) is 5.00. The molecule has 0 aromatic heterocycles. The van der Waals surface area contributed by atoms with Gasteiger partial charge in [0.05, 0.1) is 6.61 Å². The van der Waals surface area contributed by atoms with Crippen molar-refractivity contribution in [3.05, 3.63) is 0 Å². The zero-order chi connectivity index (χ0) is 7.28. The van der Waals surface area contributed by atoms with Gasteiger partial charge in [-0.15, -0.1) is 0 Å². The Morgan fingerprint density at radius 3 is 2.44 bits per heavy atom. The molecule has 9 heavy (non-hydrogen) atoms. The van der Waals surface area contributed by atoms with Crippen LogP contribution >= 0.6 is 0 Å². The minimum atomic E-state index is -0.483. The average molecular weight is 129 g/mol. The molecule has 0 fully saturated rings. The van der Waals surface area contributed by atoms with Crippen LogP contribution in [0.5, 0.6) is 0 Å². The minimum absolute atomic E-state index is 0.137. The summed E-state index contributed by atoms with van der Waals surface area (Å²) in [5.41, 5.74) is -0.137. The lowest BCUT2D eigenvalue weighted by Gasteiger charge is -1.86. The van der Waals surface area contributed by atoms with E-state index in [0.29, 0.717) is 6.29 Å².